The number of nitrogens with two attached hydrogens (primary N) is 1. The minimum atomic E-state index is -0.0384. The molecule has 0 saturated heterocycles. The summed E-state index contributed by atoms with van der Waals surface area (Å²) in [6.45, 7) is 1.95. The minimum Gasteiger partial charge on any atom is -0.461 e. The van der Waals surface area contributed by atoms with Gasteiger partial charge in [-0.15, -0.1) is 10.2 Å². The Hall–Kier alpha value is -1.87. The summed E-state index contributed by atoms with van der Waals surface area (Å²) in [4.78, 5) is 4.29. The number of furan rings is 1. The third-order valence-electron chi connectivity index (χ3n) is 2.23. The van der Waals surface area contributed by atoms with Gasteiger partial charge < -0.3 is 14.7 Å². The van der Waals surface area contributed by atoms with Gasteiger partial charge in [-0.25, -0.2) is 0 Å². The molecule has 9 heteroatoms. The Balaban J connectivity index is 1.75. The van der Waals surface area contributed by atoms with E-state index in [4.69, 9.17) is 14.7 Å². The van der Waals surface area contributed by atoms with Crippen LogP contribution in [0.2, 0.25) is 0 Å². The molecule has 1 unspecified atom stereocenters. The second kappa shape index (κ2) is 5.02. The van der Waals surface area contributed by atoms with E-state index in [1.807, 2.05) is 6.92 Å². The highest BCUT2D eigenvalue weighted by molar-refractivity contribution is 8.01. The summed E-state index contributed by atoms with van der Waals surface area (Å²) in [7, 11) is 0. The highest BCUT2D eigenvalue weighted by Crippen LogP contribution is 2.36. The number of nitrogen functional groups attached to an aromatic ring is 1. The molecule has 0 fully saturated rings. The topological polar surface area (TPSA) is 104 Å². The van der Waals surface area contributed by atoms with Crippen LogP contribution in [0.1, 0.15) is 18.1 Å². The Morgan fingerprint density at radius 2 is 2.32 bits per heavy atom. The van der Waals surface area contributed by atoms with Crippen LogP contribution in [0.25, 0.3) is 11.6 Å². The summed E-state index contributed by atoms with van der Waals surface area (Å²) < 4.78 is 11.2. The molecule has 0 saturated carbocycles. The third kappa shape index (κ3) is 2.61. The molecule has 3 heterocycles. The third-order valence-corrected chi connectivity index (χ3v) is 4.15. The van der Waals surface area contributed by atoms with E-state index in [1.54, 1.807) is 18.4 Å². The molecule has 0 amide bonds. The van der Waals surface area contributed by atoms with E-state index in [9.17, 15) is 0 Å². The number of aromatic nitrogens is 4. The van der Waals surface area contributed by atoms with E-state index < -0.39 is 0 Å². The first-order valence-electron chi connectivity index (χ1n) is 5.35. The number of thioether (sulfide) groups is 1. The van der Waals surface area contributed by atoms with Crippen molar-refractivity contribution in [1.29, 1.82) is 0 Å². The van der Waals surface area contributed by atoms with Crippen molar-refractivity contribution in [3.05, 3.63) is 24.3 Å². The summed E-state index contributed by atoms with van der Waals surface area (Å²) in [5.74, 6) is 1.52. The molecule has 0 radical (unpaired) electrons. The lowest BCUT2D eigenvalue weighted by molar-refractivity contribution is 0.379. The van der Waals surface area contributed by atoms with Gasteiger partial charge in [0.1, 0.15) is 0 Å². The van der Waals surface area contributed by atoms with Crippen LogP contribution in [0.5, 0.6) is 0 Å². The quantitative estimate of drug-likeness (QED) is 0.732. The summed E-state index contributed by atoms with van der Waals surface area (Å²) in [5.41, 5.74) is 5.53. The maximum Gasteiger partial charge on any atom is 0.240 e. The first kappa shape index (κ1) is 12.2. The zero-order chi connectivity index (χ0) is 13.2. The molecule has 7 nitrogen and oxygen atoms in total. The van der Waals surface area contributed by atoms with Crippen LogP contribution in [-0.4, -0.2) is 20.3 Å². The lowest BCUT2D eigenvalue weighted by atomic mass is 10.4. The lowest BCUT2D eigenvalue weighted by Crippen LogP contribution is -1.88. The monoisotopic (exact) mass is 295 g/mol. The van der Waals surface area contributed by atoms with Gasteiger partial charge in [-0.2, -0.15) is 4.98 Å². The summed E-state index contributed by atoms with van der Waals surface area (Å²) in [5, 5.41) is 12.0. The summed E-state index contributed by atoms with van der Waals surface area (Å²) in [6, 6.07) is 3.55. The van der Waals surface area contributed by atoms with E-state index in [0.717, 1.165) is 4.34 Å². The highest BCUT2D eigenvalue weighted by Gasteiger charge is 2.19. The van der Waals surface area contributed by atoms with Crippen molar-refractivity contribution in [1.82, 2.24) is 20.3 Å². The van der Waals surface area contributed by atoms with Crippen LogP contribution >= 0.6 is 23.1 Å². The van der Waals surface area contributed by atoms with Crippen molar-refractivity contribution < 1.29 is 8.94 Å². The Morgan fingerprint density at radius 3 is 3.00 bits per heavy atom. The minimum absolute atomic E-state index is 0.0384. The Labute approximate surface area is 116 Å². The van der Waals surface area contributed by atoms with Gasteiger partial charge >= 0.3 is 0 Å². The predicted molar refractivity (Wildman–Crippen MR) is 70.6 cm³/mol. The molecule has 0 spiro atoms. The maximum atomic E-state index is 5.53. The number of nitrogens with zero attached hydrogens (tertiary/aromatic N) is 4. The molecule has 2 N–H and O–H groups in total. The number of hydrogen-bond acceptors (Lipinski definition) is 9. The van der Waals surface area contributed by atoms with Gasteiger partial charge in [-0.3, -0.25) is 0 Å². The van der Waals surface area contributed by atoms with E-state index in [0.29, 0.717) is 22.6 Å². The predicted octanol–water partition coefficient (Wildman–Crippen LogP) is 2.62. The molecular weight excluding hydrogens is 286 g/mol. The maximum absolute atomic E-state index is 5.53. The van der Waals surface area contributed by atoms with Gasteiger partial charge in [-0.1, -0.05) is 28.3 Å². The standard InChI is InChI=1S/C10H9N5O2S2/c1-5(18-10-14-13-9(11)19-10)8-12-7(15-17-8)6-3-2-4-16-6/h2-5H,1H3,(H2,11,13). The molecule has 0 bridgehead atoms. The average molecular weight is 295 g/mol. The summed E-state index contributed by atoms with van der Waals surface area (Å²) >= 11 is 2.79. The van der Waals surface area contributed by atoms with Gasteiger partial charge in [0, 0.05) is 0 Å². The van der Waals surface area contributed by atoms with Crippen LogP contribution in [0.4, 0.5) is 5.13 Å². The molecule has 0 aliphatic rings. The highest BCUT2D eigenvalue weighted by atomic mass is 32.2. The largest absolute Gasteiger partial charge is 0.461 e. The first-order valence-corrected chi connectivity index (χ1v) is 7.05. The Bertz CT molecular complexity index is 663. The van der Waals surface area contributed by atoms with E-state index >= 15 is 0 Å². The van der Waals surface area contributed by atoms with Crippen molar-refractivity contribution in [2.24, 2.45) is 0 Å². The normalized spacial score (nSPS) is 12.7. The molecule has 3 aromatic heterocycles. The first-order chi connectivity index (χ1) is 9.22. The molecule has 3 rings (SSSR count). The number of anilines is 1. The van der Waals surface area contributed by atoms with E-state index in [-0.39, 0.29) is 5.25 Å². The average Bonchev–Trinajstić information content (AvgIpc) is 3.08. The van der Waals surface area contributed by atoms with Gasteiger partial charge in [0.2, 0.25) is 16.8 Å². The Morgan fingerprint density at radius 1 is 1.42 bits per heavy atom. The molecule has 0 aliphatic carbocycles. The lowest BCUT2D eigenvalue weighted by Gasteiger charge is -2.00. The molecule has 19 heavy (non-hydrogen) atoms. The van der Waals surface area contributed by atoms with Crippen LogP contribution in [0.3, 0.4) is 0 Å². The fourth-order valence-electron chi connectivity index (χ4n) is 1.38. The molecule has 1 atom stereocenters. The van der Waals surface area contributed by atoms with E-state index in [1.165, 1.54) is 23.1 Å². The van der Waals surface area contributed by atoms with E-state index in [2.05, 4.69) is 20.3 Å². The molecular formula is C10H9N5O2S2. The Kier molecular flexibility index (Phi) is 3.22. The van der Waals surface area contributed by atoms with Crippen molar-refractivity contribution in [2.75, 3.05) is 5.73 Å². The molecule has 0 aromatic carbocycles. The zero-order valence-corrected chi connectivity index (χ0v) is 11.4. The van der Waals surface area contributed by atoms with Gasteiger partial charge in [0.15, 0.2) is 10.1 Å². The van der Waals surface area contributed by atoms with Crippen LogP contribution < -0.4 is 5.73 Å². The molecule has 3 aromatic rings. The second-order valence-electron chi connectivity index (χ2n) is 3.60. The SMILES string of the molecule is CC(Sc1nnc(N)s1)c1nc(-c2ccco2)no1. The van der Waals surface area contributed by atoms with Crippen LogP contribution in [0.15, 0.2) is 31.7 Å². The molecule has 98 valence electrons. The van der Waals surface area contributed by atoms with Crippen molar-refractivity contribution >= 4 is 28.2 Å². The van der Waals surface area contributed by atoms with Crippen molar-refractivity contribution in [3.63, 3.8) is 0 Å². The van der Waals surface area contributed by atoms with Gasteiger partial charge in [-0.05, 0) is 19.1 Å². The summed E-state index contributed by atoms with van der Waals surface area (Å²) in [6.07, 6.45) is 1.56. The van der Waals surface area contributed by atoms with Gasteiger partial charge in [0.25, 0.3) is 0 Å². The molecule has 0 aliphatic heterocycles. The van der Waals surface area contributed by atoms with Crippen LogP contribution in [-0.2, 0) is 0 Å². The number of rotatable bonds is 4. The fourth-order valence-corrected chi connectivity index (χ4v) is 3.19. The second-order valence-corrected chi connectivity index (χ2v) is 6.20. The van der Waals surface area contributed by atoms with Crippen molar-refractivity contribution in [3.8, 4) is 11.6 Å². The number of hydrogen-bond donors (Lipinski definition) is 1. The fraction of sp³-hybridized carbons (Fsp3) is 0.200. The van der Waals surface area contributed by atoms with Crippen molar-refractivity contribution in [2.45, 2.75) is 16.5 Å². The van der Waals surface area contributed by atoms with Crippen LogP contribution in [0, 0.1) is 0 Å². The van der Waals surface area contributed by atoms with Gasteiger partial charge in [0.05, 0.1) is 11.5 Å². The zero-order valence-electron chi connectivity index (χ0n) is 9.81. The smallest absolute Gasteiger partial charge is 0.240 e.